The van der Waals surface area contributed by atoms with Gasteiger partial charge in [0, 0.05) is 17.8 Å². The number of fused-ring (bicyclic) bond motifs is 3. The summed E-state index contributed by atoms with van der Waals surface area (Å²) in [6.07, 6.45) is 3.37. The van der Waals surface area contributed by atoms with Crippen LogP contribution >= 0.6 is 0 Å². The van der Waals surface area contributed by atoms with Crippen molar-refractivity contribution in [2.45, 2.75) is 6.04 Å². The number of nitrogens with one attached hydrogen (secondary N) is 2. The van der Waals surface area contributed by atoms with Crippen LogP contribution in [0.4, 0.5) is 14.9 Å². The van der Waals surface area contributed by atoms with Gasteiger partial charge in [0.15, 0.2) is 0 Å². The summed E-state index contributed by atoms with van der Waals surface area (Å²) in [5.74, 6) is -0.302. The normalized spacial score (nSPS) is 14.2. The van der Waals surface area contributed by atoms with E-state index < -0.39 is 0 Å². The van der Waals surface area contributed by atoms with Gasteiger partial charge in [0.1, 0.15) is 5.82 Å². The number of benzene rings is 2. The number of imidazole rings is 1. The zero-order chi connectivity index (χ0) is 18.1. The molecule has 26 heavy (non-hydrogen) atoms. The SMILES string of the molecule is N#Cc1ccc(NC(=O)NCC2c3ccc(F)cc3-c3cncn32)cc1. The van der Waals surface area contributed by atoms with Gasteiger partial charge in [-0.15, -0.1) is 0 Å². The molecule has 3 aromatic rings. The van der Waals surface area contributed by atoms with E-state index in [0.29, 0.717) is 17.8 Å². The quantitative estimate of drug-likeness (QED) is 0.763. The Balaban J connectivity index is 1.46. The van der Waals surface area contributed by atoms with Crippen LogP contribution in [-0.4, -0.2) is 22.1 Å². The van der Waals surface area contributed by atoms with Crippen LogP contribution in [0.2, 0.25) is 0 Å². The standard InChI is InChI=1S/C19H14FN5O/c20-13-3-6-15-16(7-13)17-9-22-11-25(17)18(15)10-23-19(26)24-14-4-1-12(8-21)2-5-14/h1-7,9,11,18H,10H2,(H2,23,24,26). The van der Waals surface area contributed by atoms with Crippen LogP contribution in [0.25, 0.3) is 11.3 Å². The fourth-order valence-corrected chi connectivity index (χ4v) is 3.15. The molecular weight excluding hydrogens is 333 g/mol. The summed E-state index contributed by atoms with van der Waals surface area (Å²) in [4.78, 5) is 16.3. The molecule has 1 aromatic heterocycles. The Morgan fingerprint density at radius 3 is 2.85 bits per heavy atom. The first-order chi connectivity index (χ1) is 12.7. The van der Waals surface area contributed by atoms with Crippen molar-refractivity contribution in [2.75, 3.05) is 11.9 Å². The molecule has 1 aliphatic heterocycles. The van der Waals surface area contributed by atoms with Crippen molar-refractivity contribution in [3.8, 4) is 17.3 Å². The number of amides is 2. The predicted molar refractivity (Wildman–Crippen MR) is 93.9 cm³/mol. The van der Waals surface area contributed by atoms with Crippen molar-refractivity contribution in [3.63, 3.8) is 0 Å². The Labute approximate surface area is 148 Å². The minimum Gasteiger partial charge on any atom is -0.335 e. The number of urea groups is 1. The van der Waals surface area contributed by atoms with Crippen LogP contribution in [0.3, 0.4) is 0 Å². The third kappa shape index (κ3) is 2.78. The van der Waals surface area contributed by atoms with Gasteiger partial charge in [-0.1, -0.05) is 6.07 Å². The minimum absolute atomic E-state index is 0.144. The van der Waals surface area contributed by atoms with Gasteiger partial charge >= 0.3 is 6.03 Å². The number of rotatable bonds is 3. The minimum atomic E-state index is -0.355. The van der Waals surface area contributed by atoms with Crippen LogP contribution in [0.5, 0.6) is 0 Å². The summed E-state index contributed by atoms with van der Waals surface area (Å²) in [6, 6.07) is 12.8. The van der Waals surface area contributed by atoms with Crippen LogP contribution in [-0.2, 0) is 0 Å². The highest BCUT2D eigenvalue weighted by molar-refractivity contribution is 5.89. The van der Waals surface area contributed by atoms with E-state index in [1.54, 1.807) is 42.9 Å². The molecule has 0 saturated carbocycles. The molecule has 0 radical (unpaired) electrons. The van der Waals surface area contributed by atoms with Gasteiger partial charge in [-0.25, -0.2) is 14.2 Å². The van der Waals surface area contributed by atoms with Crippen molar-refractivity contribution < 1.29 is 9.18 Å². The fourth-order valence-electron chi connectivity index (χ4n) is 3.15. The second kappa shape index (κ2) is 6.33. The lowest BCUT2D eigenvalue weighted by molar-refractivity contribution is 0.251. The maximum absolute atomic E-state index is 13.6. The summed E-state index contributed by atoms with van der Waals surface area (Å²) in [7, 11) is 0. The third-order valence-corrected chi connectivity index (χ3v) is 4.38. The average molecular weight is 347 g/mol. The first-order valence-corrected chi connectivity index (χ1v) is 8.02. The van der Waals surface area contributed by atoms with Gasteiger partial charge in [0.05, 0.1) is 35.9 Å². The number of carbonyl (C=O) groups excluding carboxylic acids is 1. The van der Waals surface area contributed by atoms with E-state index in [-0.39, 0.29) is 17.9 Å². The molecule has 0 saturated heterocycles. The van der Waals surface area contributed by atoms with E-state index >= 15 is 0 Å². The molecular formula is C19H14FN5O. The Kier molecular flexibility index (Phi) is 3.86. The molecule has 6 nitrogen and oxygen atoms in total. The maximum Gasteiger partial charge on any atom is 0.319 e. The summed E-state index contributed by atoms with van der Waals surface area (Å²) >= 11 is 0. The highest BCUT2D eigenvalue weighted by atomic mass is 19.1. The molecule has 0 bridgehead atoms. The maximum atomic E-state index is 13.6. The monoisotopic (exact) mass is 347 g/mol. The second-order valence-corrected chi connectivity index (χ2v) is 5.96. The molecule has 4 rings (SSSR count). The smallest absolute Gasteiger partial charge is 0.319 e. The van der Waals surface area contributed by atoms with Crippen LogP contribution in [0.1, 0.15) is 17.2 Å². The molecule has 0 spiro atoms. The van der Waals surface area contributed by atoms with E-state index in [4.69, 9.17) is 5.26 Å². The number of nitriles is 1. The summed E-state index contributed by atoms with van der Waals surface area (Å²) < 4.78 is 15.5. The molecule has 2 aromatic carbocycles. The van der Waals surface area contributed by atoms with Crippen LogP contribution in [0.15, 0.2) is 55.0 Å². The number of anilines is 1. The van der Waals surface area contributed by atoms with Gasteiger partial charge in [-0.3, -0.25) is 0 Å². The molecule has 1 unspecified atom stereocenters. The molecule has 1 aliphatic rings. The van der Waals surface area contributed by atoms with Crippen molar-refractivity contribution in [3.05, 3.63) is 71.9 Å². The molecule has 0 fully saturated rings. The summed E-state index contributed by atoms with van der Waals surface area (Å²) in [5, 5.41) is 14.3. The number of hydrogen-bond acceptors (Lipinski definition) is 3. The van der Waals surface area contributed by atoms with Crippen molar-refractivity contribution in [1.82, 2.24) is 14.9 Å². The Hall–Kier alpha value is -3.66. The first kappa shape index (κ1) is 15.8. The molecule has 0 aliphatic carbocycles. The fraction of sp³-hybridized carbons (Fsp3) is 0.105. The molecule has 7 heteroatoms. The predicted octanol–water partition coefficient (Wildman–Crippen LogP) is 3.29. The van der Waals surface area contributed by atoms with Gasteiger partial charge in [0.2, 0.25) is 0 Å². The van der Waals surface area contributed by atoms with E-state index in [0.717, 1.165) is 16.8 Å². The summed E-state index contributed by atoms with van der Waals surface area (Å²) in [6.45, 7) is 0.337. The van der Waals surface area contributed by atoms with Crippen molar-refractivity contribution >= 4 is 11.7 Å². The lowest BCUT2D eigenvalue weighted by Crippen LogP contribution is -2.33. The second-order valence-electron chi connectivity index (χ2n) is 5.96. The van der Waals surface area contributed by atoms with Crippen molar-refractivity contribution in [2.24, 2.45) is 0 Å². The number of nitrogens with zero attached hydrogens (tertiary/aromatic N) is 3. The van der Waals surface area contributed by atoms with Gasteiger partial charge in [-0.2, -0.15) is 5.26 Å². The highest BCUT2D eigenvalue weighted by Crippen LogP contribution is 2.39. The molecule has 2 N–H and O–H groups in total. The Morgan fingerprint density at radius 2 is 2.08 bits per heavy atom. The van der Waals surface area contributed by atoms with E-state index in [1.807, 2.05) is 10.6 Å². The average Bonchev–Trinajstić information content (AvgIpc) is 3.22. The van der Waals surface area contributed by atoms with E-state index in [2.05, 4.69) is 15.6 Å². The highest BCUT2D eigenvalue weighted by Gasteiger charge is 2.28. The largest absolute Gasteiger partial charge is 0.335 e. The van der Waals surface area contributed by atoms with Gasteiger partial charge < -0.3 is 15.2 Å². The topological polar surface area (TPSA) is 82.7 Å². The zero-order valence-corrected chi connectivity index (χ0v) is 13.6. The Morgan fingerprint density at radius 1 is 1.27 bits per heavy atom. The molecule has 1 atom stereocenters. The van der Waals surface area contributed by atoms with Crippen LogP contribution < -0.4 is 10.6 Å². The lowest BCUT2D eigenvalue weighted by Gasteiger charge is -2.16. The molecule has 128 valence electrons. The number of aromatic nitrogens is 2. The van der Waals surface area contributed by atoms with Gasteiger partial charge in [-0.05, 0) is 42.0 Å². The Bertz CT molecular complexity index is 1020. The summed E-state index contributed by atoms with van der Waals surface area (Å²) in [5.41, 5.74) is 3.69. The number of hydrogen-bond donors (Lipinski definition) is 2. The molecule has 2 heterocycles. The van der Waals surface area contributed by atoms with Crippen LogP contribution in [0, 0.1) is 17.1 Å². The third-order valence-electron chi connectivity index (χ3n) is 4.38. The lowest BCUT2D eigenvalue weighted by atomic mass is 10.0. The van der Waals surface area contributed by atoms with E-state index in [1.165, 1.54) is 12.1 Å². The number of carbonyl (C=O) groups is 1. The van der Waals surface area contributed by atoms with E-state index in [9.17, 15) is 9.18 Å². The molecule has 2 amide bonds. The van der Waals surface area contributed by atoms with Gasteiger partial charge in [0.25, 0.3) is 0 Å². The first-order valence-electron chi connectivity index (χ1n) is 8.02. The van der Waals surface area contributed by atoms with Crippen molar-refractivity contribution in [1.29, 1.82) is 5.26 Å². The number of halogens is 1. The zero-order valence-electron chi connectivity index (χ0n) is 13.6.